The van der Waals surface area contributed by atoms with Gasteiger partial charge in [-0.05, 0) is 48.9 Å². The van der Waals surface area contributed by atoms with E-state index in [2.05, 4.69) is 15.5 Å². The minimum absolute atomic E-state index is 0.0460. The van der Waals surface area contributed by atoms with Gasteiger partial charge in [-0.1, -0.05) is 6.07 Å². The first-order chi connectivity index (χ1) is 13.1. The molecular weight excluding hydrogens is 346 g/mol. The van der Waals surface area contributed by atoms with Crippen LogP contribution >= 0.6 is 0 Å². The molecule has 0 fully saturated rings. The topological polar surface area (TPSA) is 96.5 Å². The van der Waals surface area contributed by atoms with Crippen molar-refractivity contribution in [2.24, 2.45) is 0 Å². The number of rotatable bonds is 5. The van der Waals surface area contributed by atoms with Gasteiger partial charge in [0.15, 0.2) is 11.5 Å². The Hall–Kier alpha value is -3.48. The molecule has 1 atom stereocenters. The van der Waals surface area contributed by atoms with E-state index in [4.69, 9.17) is 9.47 Å². The number of nitrogens with one attached hydrogen (secondary N) is 2. The highest BCUT2D eigenvalue weighted by atomic mass is 16.5. The Balaban J connectivity index is 1.77. The van der Waals surface area contributed by atoms with Crippen molar-refractivity contribution < 1.29 is 19.4 Å². The molecule has 27 heavy (non-hydrogen) atoms. The van der Waals surface area contributed by atoms with Crippen LogP contribution < -0.4 is 14.8 Å². The number of aromatic amines is 1. The summed E-state index contributed by atoms with van der Waals surface area (Å²) >= 11 is 0. The highest BCUT2D eigenvalue weighted by molar-refractivity contribution is 6.00. The smallest absolute Gasteiger partial charge is 0.270 e. The summed E-state index contributed by atoms with van der Waals surface area (Å²) in [5, 5.41) is 20.0. The largest absolute Gasteiger partial charge is 0.504 e. The normalized spacial score (nSPS) is 15.3. The molecule has 3 aromatic rings. The Morgan fingerprint density at radius 3 is 2.67 bits per heavy atom. The van der Waals surface area contributed by atoms with Crippen LogP contribution in [0.2, 0.25) is 0 Å². The number of phenols is 1. The molecule has 1 aliphatic rings. The van der Waals surface area contributed by atoms with Gasteiger partial charge < -0.3 is 19.9 Å². The first kappa shape index (κ1) is 17.0. The van der Waals surface area contributed by atoms with Crippen LogP contribution in [0.1, 0.15) is 34.6 Å². The van der Waals surface area contributed by atoms with Gasteiger partial charge >= 0.3 is 0 Å². The molecule has 0 saturated heterocycles. The Labute approximate surface area is 155 Å². The summed E-state index contributed by atoms with van der Waals surface area (Å²) < 4.78 is 10.7. The van der Waals surface area contributed by atoms with E-state index in [9.17, 15) is 9.90 Å². The van der Waals surface area contributed by atoms with Crippen LogP contribution in [0.4, 0.5) is 0 Å². The standard InChI is InChI=1S/C20H19N3O4/c1-3-27-13-7-4-11(5-8-13)18-16-17(21-20(25)19(16)23-22-18)12-6-9-14(24)15(10-12)26-2/h4-10,17,24H,3H2,1-2H3,(H,21,25)(H,22,23)/t17-/m0/s1. The number of amides is 1. The highest BCUT2D eigenvalue weighted by Crippen LogP contribution is 2.39. The molecule has 1 amide bonds. The number of fused-ring (bicyclic) bond motifs is 1. The minimum atomic E-state index is -0.387. The number of phenolic OH excluding ortho intramolecular Hbond substituents is 1. The van der Waals surface area contributed by atoms with E-state index in [-0.39, 0.29) is 17.7 Å². The Morgan fingerprint density at radius 2 is 1.96 bits per heavy atom. The fraction of sp³-hybridized carbons (Fsp3) is 0.200. The van der Waals surface area contributed by atoms with Gasteiger partial charge in [0.1, 0.15) is 11.4 Å². The van der Waals surface area contributed by atoms with Crippen LogP contribution in [0.5, 0.6) is 17.2 Å². The average Bonchev–Trinajstić information content (AvgIpc) is 3.25. The molecule has 1 aliphatic heterocycles. The van der Waals surface area contributed by atoms with Gasteiger partial charge in [0.25, 0.3) is 5.91 Å². The zero-order valence-electron chi connectivity index (χ0n) is 14.9. The minimum Gasteiger partial charge on any atom is -0.504 e. The number of nitrogens with zero attached hydrogens (tertiary/aromatic N) is 1. The number of H-pyrrole nitrogens is 1. The monoisotopic (exact) mass is 365 g/mol. The van der Waals surface area contributed by atoms with Gasteiger partial charge in [-0.25, -0.2) is 0 Å². The van der Waals surface area contributed by atoms with Crippen LogP contribution in [0.3, 0.4) is 0 Å². The lowest BCUT2D eigenvalue weighted by atomic mass is 9.96. The van der Waals surface area contributed by atoms with Gasteiger partial charge in [-0.2, -0.15) is 5.10 Å². The highest BCUT2D eigenvalue weighted by Gasteiger charge is 2.35. The lowest BCUT2D eigenvalue weighted by molar-refractivity contribution is 0.0955. The van der Waals surface area contributed by atoms with Gasteiger partial charge in [-0.3, -0.25) is 9.89 Å². The number of aromatic hydroxyl groups is 1. The third-order valence-corrected chi connectivity index (χ3v) is 4.57. The van der Waals surface area contributed by atoms with Crippen LogP contribution in [0.25, 0.3) is 11.3 Å². The lowest BCUT2D eigenvalue weighted by Gasteiger charge is -2.15. The molecule has 0 aliphatic carbocycles. The maximum Gasteiger partial charge on any atom is 0.270 e. The second-order valence-electron chi connectivity index (χ2n) is 6.16. The number of carbonyl (C=O) groups is 1. The molecule has 1 aromatic heterocycles. The number of benzene rings is 2. The molecule has 0 spiro atoms. The summed E-state index contributed by atoms with van der Waals surface area (Å²) in [4.78, 5) is 12.4. The fourth-order valence-corrected chi connectivity index (χ4v) is 3.30. The van der Waals surface area contributed by atoms with Crippen molar-refractivity contribution in [1.29, 1.82) is 0 Å². The van der Waals surface area contributed by atoms with Gasteiger partial charge in [0, 0.05) is 11.1 Å². The Bertz CT molecular complexity index is 995. The molecule has 0 unspecified atom stereocenters. The summed E-state index contributed by atoms with van der Waals surface area (Å²) in [7, 11) is 1.49. The Morgan fingerprint density at radius 1 is 1.19 bits per heavy atom. The third kappa shape index (κ3) is 2.87. The van der Waals surface area contributed by atoms with Crippen molar-refractivity contribution in [3.8, 4) is 28.5 Å². The number of carbonyl (C=O) groups excluding carboxylic acids is 1. The van der Waals surface area contributed by atoms with Crippen molar-refractivity contribution in [2.75, 3.05) is 13.7 Å². The summed E-state index contributed by atoms with van der Waals surface area (Å²) in [5.74, 6) is 0.959. The maximum atomic E-state index is 12.4. The molecule has 0 bridgehead atoms. The SMILES string of the molecule is CCOc1ccc(-c2n[nH]c3c2[C@H](c2ccc(O)c(OC)c2)NC3=O)cc1. The average molecular weight is 365 g/mol. The van der Waals surface area contributed by atoms with E-state index in [0.717, 1.165) is 22.4 Å². The summed E-state index contributed by atoms with van der Waals surface area (Å²) in [6.07, 6.45) is 0. The molecule has 7 heteroatoms. The van der Waals surface area contributed by atoms with Crippen molar-refractivity contribution in [3.05, 3.63) is 59.3 Å². The molecule has 3 N–H and O–H groups in total. The van der Waals surface area contributed by atoms with E-state index in [1.54, 1.807) is 18.2 Å². The zero-order chi connectivity index (χ0) is 19.0. The molecule has 0 radical (unpaired) electrons. The summed E-state index contributed by atoms with van der Waals surface area (Å²) in [6, 6.07) is 12.2. The lowest BCUT2D eigenvalue weighted by Crippen LogP contribution is -2.21. The van der Waals surface area contributed by atoms with Crippen LogP contribution in [0.15, 0.2) is 42.5 Å². The van der Waals surface area contributed by atoms with Crippen molar-refractivity contribution in [1.82, 2.24) is 15.5 Å². The van der Waals surface area contributed by atoms with Gasteiger partial charge in [-0.15, -0.1) is 0 Å². The molecular formula is C20H19N3O4. The third-order valence-electron chi connectivity index (χ3n) is 4.57. The number of methoxy groups -OCH3 is 1. The van der Waals surface area contributed by atoms with Crippen molar-refractivity contribution in [2.45, 2.75) is 13.0 Å². The number of ether oxygens (including phenoxy) is 2. The summed E-state index contributed by atoms with van der Waals surface area (Å²) in [5.41, 5.74) is 3.59. The summed E-state index contributed by atoms with van der Waals surface area (Å²) in [6.45, 7) is 2.53. The van der Waals surface area contributed by atoms with E-state index < -0.39 is 0 Å². The maximum absolute atomic E-state index is 12.4. The van der Waals surface area contributed by atoms with E-state index in [1.807, 2.05) is 31.2 Å². The molecule has 2 heterocycles. The number of hydrogen-bond donors (Lipinski definition) is 3. The molecule has 138 valence electrons. The second-order valence-corrected chi connectivity index (χ2v) is 6.16. The van der Waals surface area contributed by atoms with Crippen molar-refractivity contribution in [3.63, 3.8) is 0 Å². The fourth-order valence-electron chi connectivity index (χ4n) is 3.30. The molecule has 2 aromatic carbocycles. The molecule has 0 saturated carbocycles. The van der Waals surface area contributed by atoms with Gasteiger partial charge in [0.05, 0.1) is 25.5 Å². The van der Waals surface area contributed by atoms with Crippen LogP contribution in [-0.4, -0.2) is 34.9 Å². The predicted molar refractivity (Wildman–Crippen MR) is 99.2 cm³/mol. The first-order valence-electron chi connectivity index (χ1n) is 8.61. The number of aromatic nitrogens is 2. The molecule has 7 nitrogen and oxygen atoms in total. The predicted octanol–water partition coefficient (Wildman–Crippen LogP) is 3.02. The second kappa shape index (κ2) is 6.68. The van der Waals surface area contributed by atoms with E-state index in [1.165, 1.54) is 7.11 Å². The van der Waals surface area contributed by atoms with E-state index >= 15 is 0 Å². The molecule has 4 rings (SSSR count). The van der Waals surface area contributed by atoms with Crippen LogP contribution in [0, 0.1) is 0 Å². The number of hydrogen-bond acceptors (Lipinski definition) is 5. The zero-order valence-corrected chi connectivity index (χ0v) is 14.9. The van der Waals surface area contributed by atoms with E-state index in [0.29, 0.717) is 23.7 Å². The first-order valence-corrected chi connectivity index (χ1v) is 8.61. The quantitative estimate of drug-likeness (QED) is 0.646. The van der Waals surface area contributed by atoms with Crippen molar-refractivity contribution >= 4 is 5.91 Å². The Kier molecular flexibility index (Phi) is 4.19. The van der Waals surface area contributed by atoms with Crippen LogP contribution in [-0.2, 0) is 0 Å². The van der Waals surface area contributed by atoms with Gasteiger partial charge in [0.2, 0.25) is 0 Å².